The third-order valence-corrected chi connectivity index (χ3v) is 2.59. The third-order valence-electron chi connectivity index (χ3n) is 2.40. The molecule has 0 aliphatic rings. The zero-order valence-corrected chi connectivity index (χ0v) is 11.2. The number of nitrogens with one attached hydrogen (secondary N) is 1. The second-order valence-electron chi connectivity index (χ2n) is 4.60. The summed E-state index contributed by atoms with van der Waals surface area (Å²) in [5.41, 5.74) is 0.0391. The summed E-state index contributed by atoms with van der Waals surface area (Å²) in [6.45, 7) is 8.52. The maximum Gasteiger partial charge on any atom is 0.134 e. The first kappa shape index (κ1) is 13.2. The molecule has 0 radical (unpaired) electrons. The van der Waals surface area contributed by atoms with E-state index in [0.717, 1.165) is 30.9 Å². The van der Waals surface area contributed by atoms with Gasteiger partial charge in [-0.05, 0) is 20.3 Å². The zero-order chi connectivity index (χ0) is 12.2. The number of halogens is 1. The van der Waals surface area contributed by atoms with E-state index in [1.807, 2.05) is 6.92 Å². The molecule has 0 unspecified atom stereocenters. The molecule has 0 spiro atoms. The molecule has 1 aromatic heterocycles. The van der Waals surface area contributed by atoms with Gasteiger partial charge in [0.2, 0.25) is 0 Å². The minimum atomic E-state index is 0.0391. The maximum absolute atomic E-state index is 5.94. The fourth-order valence-corrected chi connectivity index (χ4v) is 1.92. The SMILES string of the molecule is CCCC(C)(C)Nc1cc(Cl)nc(CC)n1. The monoisotopic (exact) mass is 241 g/mol. The minimum absolute atomic E-state index is 0.0391. The first-order valence-electron chi connectivity index (χ1n) is 5.78. The van der Waals surface area contributed by atoms with Crippen molar-refractivity contribution in [3.8, 4) is 0 Å². The fourth-order valence-electron chi connectivity index (χ4n) is 1.72. The summed E-state index contributed by atoms with van der Waals surface area (Å²) in [5, 5.41) is 3.90. The van der Waals surface area contributed by atoms with Gasteiger partial charge in [0.15, 0.2) is 0 Å². The Morgan fingerprint density at radius 2 is 2.00 bits per heavy atom. The van der Waals surface area contributed by atoms with E-state index in [9.17, 15) is 0 Å². The van der Waals surface area contributed by atoms with Crippen molar-refractivity contribution in [2.75, 3.05) is 5.32 Å². The maximum atomic E-state index is 5.94. The molecule has 0 aliphatic carbocycles. The molecule has 1 N–H and O–H groups in total. The summed E-state index contributed by atoms with van der Waals surface area (Å²) in [7, 11) is 0. The lowest BCUT2D eigenvalue weighted by atomic mass is 9.99. The molecule has 0 fully saturated rings. The van der Waals surface area contributed by atoms with Gasteiger partial charge >= 0.3 is 0 Å². The highest BCUT2D eigenvalue weighted by molar-refractivity contribution is 6.29. The Balaban J connectivity index is 2.84. The van der Waals surface area contributed by atoms with E-state index in [1.165, 1.54) is 0 Å². The van der Waals surface area contributed by atoms with Gasteiger partial charge in [0.1, 0.15) is 16.8 Å². The van der Waals surface area contributed by atoms with Crippen LogP contribution in [0.4, 0.5) is 5.82 Å². The number of aryl methyl sites for hydroxylation is 1. The van der Waals surface area contributed by atoms with E-state index in [4.69, 9.17) is 11.6 Å². The number of hydrogen-bond acceptors (Lipinski definition) is 3. The lowest BCUT2D eigenvalue weighted by molar-refractivity contribution is 0.508. The van der Waals surface area contributed by atoms with Crippen molar-refractivity contribution in [2.45, 2.75) is 52.5 Å². The highest BCUT2D eigenvalue weighted by atomic mass is 35.5. The number of aromatic nitrogens is 2. The van der Waals surface area contributed by atoms with E-state index in [-0.39, 0.29) is 5.54 Å². The average molecular weight is 242 g/mol. The molecule has 0 aliphatic heterocycles. The molecule has 3 nitrogen and oxygen atoms in total. The second kappa shape index (κ2) is 5.48. The van der Waals surface area contributed by atoms with Crippen LogP contribution in [0.15, 0.2) is 6.07 Å². The summed E-state index contributed by atoms with van der Waals surface area (Å²) in [6, 6.07) is 1.78. The van der Waals surface area contributed by atoms with Gasteiger partial charge in [0, 0.05) is 18.0 Å². The molecular formula is C12H20ClN3. The zero-order valence-electron chi connectivity index (χ0n) is 10.5. The van der Waals surface area contributed by atoms with Gasteiger partial charge in [-0.1, -0.05) is 31.9 Å². The Bertz CT molecular complexity index is 350. The van der Waals surface area contributed by atoms with E-state index in [2.05, 4.69) is 36.1 Å². The number of hydrogen-bond donors (Lipinski definition) is 1. The van der Waals surface area contributed by atoms with E-state index >= 15 is 0 Å². The lowest BCUT2D eigenvalue weighted by Crippen LogP contribution is -2.31. The Kier molecular flexibility index (Phi) is 4.54. The molecule has 0 saturated carbocycles. The van der Waals surface area contributed by atoms with Crippen LogP contribution < -0.4 is 5.32 Å². The second-order valence-corrected chi connectivity index (χ2v) is 4.99. The van der Waals surface area contributed by atoms with Crippen LogP contribution in [0.2, 0.25) is 5.15 Å². The molecule has 90 valence electrons. The normalized spacial score (nSPS) is 11.6. The van der Waals surface area contributed by atoms with Gasteiger partial charge in [0.05, 0.1) is 0 Å². The van der Waals surface area contributed by atoms with Crippen molar-refractivity contribution < 1.29 is 0 Å². The number of rotatable bonds is 5. The van der Waals surface area contributed by atoms with Crippen LogP contribution in [-0.4, -0.2) is 15.5 Å². The van der Waals surface area contributed by atoms with Crippen molar-refractivity contribution in [1.82, 2.24) is 9.97 Å². The molecule has 1 aromatic rings. The largest absolute Gasteiger partial charge is 0.365 e. The smallest absolute Gasteiger partial charge is 0.134 e. The lowest BCUT2D eigenvalue weighted by Gasteiger charge is -2.26. The van der Waals surface area contributed by atoms with Gasteiger partial charge in [-0.2, -0.15) is 0 Å². The van der Waals surface area contributed by atoms with Gasteiger partial charge in [-0.25, -0.2) is 9.97 Å². The first-order chi connectivity index (χ1) is 7.46. The van der Waals surface area contributed by atoms with Crippen LogP contribution in [0, 0.1) is 0 Å². The molecule has 1 heterocycles. The summed E-state index contributed by atoms with van der Waals surface area (Å²) in [4.78, 5) is 8.56. The summed E-state index contributed by atoms with van der Waals surface area (Å²) in [6.07, 6.45) is 3.03. The standard InChI is InChI=1S/C12H20ClN3/c1-5-7-12(3,4)16-11-8-9(13)14-10(6-2)15-11/h8H,5-7H2,1-4H3,(H,14,15,16). The van der Waals surface area contributed by atoms with E-state index in [1.54, 1.807) is 6.07 Å². The van der Waals surface area contributed by atoms with Crippen molar-refractivity contribution in [3.05, 3.63) is 17.0 Å². The van der Waals surface area contributed by atoms with Crippen LogP contribution in [0.5, 0.6) is 0 Å². The quantitative estimate of drug-likeness (QED) is 0.800. The van der Waals surface area contributed by atoms with Crippen molar-refractivity contribution >= 4 is 17.4 Å². The summed E-state index contributed by atoms with van der Waals surface area (Å²) < 4.78 is 0. The minimum Gasteiger partial charge on any atom is -0.365 e. The third kappa shape index (κ3) is 3.97. The van der Waals surface area contributed by atoms with E-state index < -0.39 is 0 Å². The van der Waals surface area contributed by atoms with Crippen LogP contribution in [0.3, 0.4) is 0 Å². The Morgan fingerprint density at radius 1 is 1.31 bits per heavy atom. The van der Waals surface area contributed by atoms with E-state index in [0.29, 0.717) is 5.15 Å². The van der Waals surface area contributed by atoms with Gasteiger partial charge in [0.25, 0.3) is 0 Å². The van der Waals surface area contributed by atoms with Crippen molar-refractivity contribution in [2.24, 2.45) is 0 Å². The molecule has 0 aromatic carbocycles. The molecule has 0 saturated heterocycles. The van der Waals surface area contributed by atoms with Gasteiger partial charge in [-0.15, -0.1) is 0 Å². The van der Waals surface area contributed by atoms with Crippen molar-refractivity contribution in [3.63, 3.8) is 0 Å². The topological polar surface area (TPSA) is 37.8 Å². The van der Waals surface area contributed by atoms with Crippen molar-refractivity contribution in [1.29, 1.82) is 0 Å². The first-order valence-corrected chi connectivity index (χ1v) is 6.16. The van der Waals surface area contributed by atoms with Gasteiger partial charge < -0.3 is 5.32 Å². The molecule has 0 bridgehead atoms. The summed E-state index contributed by atoms with van der Waals surface area (Å²) in [5.74, 6) is 1.59. The molecule has 1 rings (SSSR count). The summed E-state index contributed by atoms with van der Waals surface area (Å²) >= 11 is 5.94. The average Bonchev–Trinajstić information content (AvgIpc) is 2.15. The molecule has 0 amide bonds. The fraction of sp³-hybridized carbons (Fsp3) is 0.667. The Labute approximate surface area is 103 Å². The number of anilines is 1. The highest BCUT2D eigenvalue weighted by Gasteiger charge is 2.17. The predicted octanol–water partition coefficient (Wildman–Crippen LogP) is 3.68. The van der Waals surface area contributed by atoms with Crippen LogP contribution in [0.25, 0.3) is 0 Å². The molecule has 4 heteroatoms. The number of nitrogens with zero attached hydrogens (tertiary/aromatic N) is 2. The Morgan fingerprint density at radius 3 is 2.56 bits per heavy atom. The van der Waals surface area contributed by atoms with Gasteiger partial charge in [-0.3, -0.25) is 0 Å². The Hall–Kier alpha value is -0.830. The van der Waals surface area contributed by atoms with Crippen LogP contribution in [-0.2, 0) is 6.42 Å². The van der Waals surface area contributed by atoms with Crippen LogP contribution >= 0.6 is 11.6 Å². The molecular weight excluding hydrogens is 222 g/mol. The highest BCUT2D eigenvalue weighted by Crippen LogP contribution is 2.20. The van der Waals surface area contributed by atoms with Crippen LogP contribution in [0.1, 0.15) is 46.4 Å². The molecule has 0 atom stereocenters. The molecule has 16 heavy (non-hydrogen) atoms. The predicted molar refractivity (Wildman–Crippen MR) is 69.0 cm³/mol.